The average Bonchev–Trinajstić information content (AvgIpc) is 3.29. The van der Waals surface area contributed by atoms with E-state index in [1.807, 2.05) is 12.1 Å². The number of nitrogens with one attached hydrogen (secondary N) is 2. The Morgan fingerprint density at radius 3 is 2.76 bits per heavy atom. The predicted molar refractivity (Wildman–Crippen MR) is 105 cm³/mol. The molecule has 2 heterocycles. The maximum Gasteiger partial charge on any atom is 0.224 e. The number of hydrogen-bond acceptors (Lipinski definition) is 4. The summed E-state index contributed by atoms with van der Waals surface area (Å²) in [6.45, 7) is 4.62. The van der Waals surface area contributed by atoms with Crippen molar-refractivity contribution >= 4 is 30.7 Å². The Balaban J connectivity index is 0.00000156. The molecule has 2 atom stereocenters. The van der Waals surface area contributed by atoms with E-state index >= 15 is 0 Å². The fourth-order valence-corrected chi connectivity index (χ4v) is 3.58. The van der Waals surface area contributed by atoms with Crippen molar-refractivity contribution in [3.8, 4) is 5.75 Å². The number of carbonyl (C=O) groups excluding carboxylic acids is 1. The van der Waals surface area contributed by atoms with Crippen molar-refractivity contribution in [2.45, 2.75) is 25.3 Å². The summed E-state index contributed by atoms with van der Waals surface area (Å²) < 4.78 is 5.36. The van der Waals surface area contributed by atoms with Crippen LogP contribution in [0.2, 0.25) is 0 Å². The Labute approximate surface area is 162 Å². The third-order valence-corrected chi connectivity index (χ3v) is 4.96. The molecule has 0 aromatic heterocycles. The summed E-state index contributed by atoms with van der Waals surface area (Å²) in [5, 5.41) is 6.43. The summed E-state index contributed by atoms with van der Waals surface area (Å²) in [6.07, 6.45) is 3.42. The second-order valence-electron chi connectivity index (χ2n) is 6.47. The Morgan fingerprint density at radius 1 is 1.36 bits per heavy atom. The normalized spacial score (nSPS) is 21.1. The molecule has 2 unspecified atom stereocenters. The lowest BCUT2D eigenvalue weighted by Gasteiger charge is -2.29. The molecule has 0 spiro atoms. The Hall–Kier alpha value is -1.01. The van der Waals surface area contributed by atoms with Gasteiger partial charge in [0.15, 0.2) is 0 Å². The van der Waals surface area contributed by atoms with Crippen LogP contribution >= 0.6 is 24.8 Å². The number of hydrogen-bond donors (Lipinski definition) is 2. The number of likely N-dealkylation sites (tertiary alicyclic amines) is 1. The number of benzene rings is 1. The van der Waals surface area contributed by atoms with Gasteiger partial charge in [-0.25, -0.2) is 0 Å². The van der Waals surface area contributed by atoms with Gasteiger partial charge in [0.1, 0.15) is 5.75 Å². The van der Waals surface area contributed by atoms with Crippen LogP contribution in [-0.2, 0) is 4.79 Å². The lowest BCUT2D eigenvalue weighted by molar-refractivity contribution is -0.124. The third kappa shape index (κ3) is 5.74. The first kappa shape index (κ1) is 22.0. The van der Waals surface area contributed by atoms with Crippen LogP contribution in [0.25, 0.3) is 0 Å². The highest BCUT2D eigenvalue weighted by atomic mass is 35.5. The minimum absolute atomic E-state index is 0. The van der Waals surface area contributed by atoms with E-state index in [1.165, 1.54) is 18.4 Å². The number of halogens is 2. The smallest absolute Gasteiger partial charge is 0.224 e. The van der Waals surface area contributed by atoms with Gasteiger partial charge in [0.2, 0.25) is 5.91 Å². The highest BCUT2D eigenvalue weighted by Crippen LogP contribution is 2.27. The zero-order chi connectivity index (χ0) is 16.1. The summed E-state index contributed by atoms with van der Waals surface area (Å²) in [5.74, 6) is 1.18. The number of amides is 1. The minimum atomic E-state index is 0. The fourth-order valence-electron chi connectivity index (χ4n) is 3.58. The first-order valence-electron chi connectivity index (χ1n) is 8.64. The lowest BCUT2D eigenvalue weighted by atomic mass is 10.0. The van der Waals surface area contributed by atoms with E-state index in [0.29, 0.717) is 6.54 Å². The van der Waals surface area contributed by atoms with Gasteiger partial charge in [-0.2, -0.15) is 0 Å². The molecule has 2 aliphatic rings. The van der Waals surface area contributed by atoms with Gasteiger partial charge in [0.05, 0.1) is 19.1 Å². The van der Waals surface area contributed by atoms with Crippen LogP contribution in [0.4, 0.5) is 0 Å². The molecule has 25 heavy (non-hydrogen) atoms. The van der Waals surface area contributed by atoms with E-state index in [2.05, 4.69) is 27.7 Å². The topological polar surface area (TPSA) is 53.6 Å². The van der Waals surface area contributed by atoms with E-state index in [9.17, 15) is 4.79 Å². The summed E-state index contributed by atoms with van der Waals surface area (Å²) in [7, 11) is 1.69. The fraction of sp³-hybridized carbons (Fsp3) is 0.611. The number of ether oxygens (including phenoxy) is 1. The van der Waals surface area contributed by atoms with Crippen molar-refractivity contribution in [2.24, 2.45) is 5.92 Å². The first-order chi connectivity index (χ1) is 11.3. The molecule has 0 aliphatic carbocycles. The molecule has 7 heteroatoms. The summed E-state index contributed by atoms with van der Waals surface area (Å²) in [6, 6.07) is 8.44. The second kappa shape index (κ2) is 10.9. The molecule has 2 N–H and O–H groups in total. The van der Waals surface area contributed by atoms with Gasteiger partial charge in [-0.3, -0.25) is 9.69 Å². The molecule has 1 aromatic rings. The number of carbonyl (C=O) groups is 1. The van der Waals surface area contributed by atoms with Crippen LogP contribution in [0.15, 0.2) is 24.3 Å². The first-order valence-corrected chi connectivity index (χ1v) is 8.64. The van der Waals surface area contributed by atoms with Crippen LogP contribution in [0, 0.1) is 5.92 Å². The zero-order valence-electron chi connectivity index (χ0n) is 14.7. The van der Waals surface area contributed by atoms with E-state index in [1.54, 1.807) is 7.11 Å². The van der Waals surface area contributed by atoms with Crippen LogP contribution in [0.3, 0.4) is 0 Å². The van der Waals surface area contributed by atoms with Crippen LogP contribution in [-0.4, -0.2) is 50.6 Å². The van der Waals surface area contributed by atoms with E-state index in [4.69, 9.17) is 4.74 Å². The predicted octanol–water partition coefficient (Wildman–Crippen LogP) is 2.40. The van der Waals surface area contributed by atoms with Crippen LogP contribution < -0.4 is 15.4 Å². The molecule has 3 rings (SSSR count). The number of rotatable bonds is 6. The largest absolute Gasteiger partial charge is 0.497 e. The quantitative estimate of drug-likeness (QED) is 0.784. The average molecular weight is 390 g/mol. The highest BCUT2D eigenvalue weighted by molar-refractivity contribution is 5.85. The van der Waals surface area contributed by atoms with E-state index in [0.717, 1.165) is 38.3 Å². The lowest BCUT2D eigenvalue weighted by Crippen LogP contribution is -2.39. The summed E-state index contributed by atoms with van der Waals surface area (Å²) in [4.78, 5) is 14.8. The van der Waals surface area contributed by atoms with Crippen LogP contribution in [0.5, 0.6) is 5.75 Å². The van der Waals surface area contributed by atoms with Gasteiger partial charge < -0.3 is 15.4 Å². The van der Waals surface area contributed by atoms with E-state index < -0.39 is 0 Å². The molecule has 142 valence electrons. The van der Waals surface area contributed by atoms with E-state index in [-0.39, 0.29) is 42.7 Å². The van der Waals surface area contributed by atoms with Crippen molar-refractivity contribution in [1.82, 2.24) is 15.5 Å². The Bertz CT molecular complexity index is 533. The molecule has 2 fully saturated rings. The van der Waals surface area contributed by atoms with Gasteiger partial charge in [0.25, 0.3) is 0 Å². The molecule has 5 nitrogen and oxygen atoms in total. The molecular weight excluding hydrogens is 361 g/mol. The third-order valence-electron chi connectivity index (χ3n) is 4.96. The monoisotopic (exact) mass is 389 g/mol. The van der Waals surface area contributed by atoms with Gasteiger partial charge in [-0.05, 0) is 56.6 Å². The zero-order valence-corrected chi connectivity index (χ0v) is 16.3. The maximum atomic E-state index is 12.3. The molecule has 0 saturated carbocycles. The molecule has 2 saturated heterocycles. The Kier molecular flexibility index (Phi) is 9.57. The standard InChI is InChI=1S/C18H27N3O2.2ClH/c1-23-16-6-4-5-14(11-16)17(21-9-2-3-10-21)13-20-18(22)15-7-8-19-12-15;;/h4-6,11,15,17,19H,2-3,7-10,12-13H2,1H3,(H,20,22);2*1H. The van der Waals surface area contributed by atoms with Crippen molar-refractivity contribution < 1.29 is 9.53 Å². The van der Waals surface area contributed by atoms with Gasteiger partial charge in [-0.15, -0.1) is 24.8 Å². The van der Waals surface area contributed by atoms with Crippen LogP contribution in [0.1, 0.15) is 30.9 Å². The molecule has 1 amide bonds. The molecule has 1 aromatic carbocycles. The summed E-state index contributed by atoms with van der Waals surface area (Å²) in [5.41, 5.74) is 1.22. The molecule has 2 aliphatic heterocycles. The van der Waals surface area contributed by atoms with Crippen molar-refractivity contribution in [3.63, 3.8) is 0 Å². The molecule has 0 bridgehead atoms. The maximum absolute atomic E-state index is 12.3. The van der Waals surface area contributed by atoms with Gasteiger partial charge >= 0.3 is 0 Å². The van der Waals surface area contributed by atoms with Gasteiger partial charge in [0, 0.05) is 13.1 Å². The summed E-state index contributed by atoms with van der Waals surface area (Å²) >= 11 is 0. The Morgan fingerprint density at radius 2 is 2.12 bits per heavy atom. The number of nitrogens with zero attached hydrogens (tertiary/aromatic N) is 1. The number of methoxy groups -OCH3 is 1. The SMILES string of the molecule is COc1cccc(C(CNC(=O)C2CCNC2)N2CCCC2)c1.Cl.Cl. The molecular formula is C18H29Cl2N3O2. The van der Waals surface area contributed by atoms with Gasteiger partial charge in [-0.1, -0.05) is 12.1 Å². The van der Waals surface area contributed by atoms with Crippen molar-refractivity contribution in [3.05, 3.63) is 29.8 Å². The second-order valence-corrected chi connectivity index (χ2v) is 6.47. The highest BCUT2D eigenvalue weighted by Gasteiger charge is 2.27. The van der Waals surface area contributed by atoms with Crippen molar-refractivity contribution in [1.29, 1.82) is 0 Å². The van der Waals surface area contributed by atoms with Crippen molar-refractivity contribution in [2.75, 3.05) is 39.8 Å². The molecule has 0 radical (unpaired) electrons. The minimum Gasteiger partial charge on any atom is -0.497 e.